The van der Waals surface area contributed by atoms with Crippen LogP contribution in [0.2, 0.25) is 0 Å². The summed E-state index contributed by atoms with van der Waals surface area (Å²) in [5.74, 6) is -1.07. The Morgan fingerprint density at radius 1 is 1.47 bits per heavy atom. The molecule has 0 aliphatic carbocycles. The van der Waals surface area contributed by atoms with Crippen LogP contribution in [0.1, 0.15) is 21.5 Å². The largest absolute Gasteiger partial charge is 0.478 e. The second kappa shape index (κ2) is 5.14. The van der Waals surface area contributed by atoms with Gasteiger partial charge in [0.1, 0.15) is 0 Å². The van der Waals surface area contributed by atoms with E-state index in [1.165, 1.54) is 10.4 Å². The molecule has 0 spiro atoms. The molecule has 1 heterocycles. The molecule has 0 saturated heterocycles. The Morgan fingerprint density at radius 2 is 2.21 bits per heavy atom. The van der Waals surface area contributed by atoms with Crippen molar-refractivity contribution in [2.45, 2.75) is 13.0 Å². The molecule has 0 amide bonds. The predicted octanol–water partition coefficient (Wildman–Crippen LogP) is 1.26. The first-order chi connectivity index (χ1) is 8.95. The van der Waals surface area contributed by atoms with E-state index in [9.17, 15) is 13.2 Å². The zero-order chi connectivity index (χ0) is 14.0. The van der Waals surface area contributed by atoms with Crippen LogP contribution in [0.4, 0.5) is 0 Å². The number of benzene rings is 1. The zero-order valence-electron chi connectivity index (χ0n) is 10.4. The molecule has 5 nitrogen and oxygen atoms in total. The molecule has 0 radical (unpaired) electrons. The summed E-state index contributed by atoms with van der Waals surface area (Å²) in [4.78, 5) is 11.1. The lowest BCUT2D eigenvalue weighted by Crippen LogP contribution is -2.37. The van der Waals surface area contributed by atoms with Crippen LogP contribution >= 0.6 is 0 Å². The first-order valence-corrected chi connectivity index (χ1v) is 7.49. The van der Waals surface area contributed by atoms with Crippen LogP contribution in [0.3, 0.4) is 0 Å². The van der Waals surface area contributed by atoms with Gasteiger partial charge in [0.2, 0.25) is 10.0 Å². The molecule has 1 N–H and O–H groups in total. The standard InChI is InChI=1S/C13H15NO4S/c1-2-8-19(17,18)14-7-6-11-10(9-14)4-3-5-12(11)13(15)16/h2-5H,1,6-9H2,(H,15,16). The third kappa shape index (κ3) is 2.69. The van der Waals surface area contributed by atoms with E-state index in [1.807, 2.05) is 0 Å². The number of nitrogens with zero attached hydrogens (tertiary/aromatic N) is 1. The fourth-order valence-electron chi connectivity index (χ4n) is 2.28. The number of hydrogen-bond acceptors (Lipinski definition) is 3. The van der Waals surface area contributed by atoms with Crippen molar-refractivity contribution < 1.29 is 18.3 Å². The quantitative estimate of drug-likeness (QED) is 0.843. The fraction of sp³-hybridized carbons (Fsp3) is 0.308. The molecule has 0 saturated carbocycles. The van der Waals surface area contributed by atoms with Crippen LogP contribution in [0.5, 0.6) is 0 Å². The Hall–Kier alpha value is -1.66. The van der Waals surface area contributed by atoms with Gasteiger partial charge in [0.15, 0.2) is 0 Å². The van der Waals surface area contributed by atoms with Crippen molar-refractivity contribution >= 4 is 16.0 Å². The highest BCUT2D eigenvalue weighted by atomic mass is 32.2. The number of hydrogen-bond donors (Lipinski definition) is 1. The number of carboxylic acid groups (broad SMARTS) is 1. The number of sulfonamides is 1. The van der Waals surface area contributed by atoms with E-state index in [2.05, 4.69) is 6.58 Å². The summed E-state index contributed by atoms with van der Waals surface area (Å²) < 4.78 is 25.3. The average Bonchev–Trinajstić information content (AvgIpc) is 2.37. The molecule has 1 aromatic carbocycles. The predicted molar refractivity (Wildman–Crippen MR) is 71.5 cm³/mol. The molecular formula is C13H15NO4S. The smallest absolute Gasteiger partial charge is 0.335 e. The molecule has 1 aromatic rings. The molecule has 19 heavy (non-hydrogen) atoms. The Labute approximate surface area is 112 Å². The van der Waals surface area contributed by atoms with E-state index in [0.717, 1.165) is 11.1 Å². The van der Waals surface area contributed by atoms with Crippen LogP contribution in [-0.2, 0) is 23.0 Å². The maximum absolute atomic E-state index is 12.0. The molecule has 0 bridgehead atoms. The van der Waals surface area contributed by atoms with Crippen molar-refractivity contribution in [3.05, 3.63) is 47.5 Å². The zero-order valence-corrected chi connectivity index (χ0v) is 11.2. The molecule has 1 aliphatic heterocycles. The van der Waals surface area contributed by atoms with Gasteiger partial charge in [-0.15, -0.1) is 6.58 Å². The summed E-state index contributed by atoms with van der Waals surface area (Å²) in [6.45, 7) is 3.98. The van der Waals surface area contributed by atoms with Crippen molar-refractivity contribution in [3.63, 3.8) is 0 Å². The minimum Gasteiger partial charge on any atom is -0.478 e. The highest BCUT2D eigenvalue weighted by Crippen LogP contribution is 2.24. The van der Waals surface area contributed by atoms with Crippen LogP contribution in [0, 0.1) is 0 Å². The summed E-state index contributed by atoms with van der Waals surface area (Å²) in [6.07, 6.45) is 1.78. The highest BCUT2D eigenvalue weighted by Gasteiger charge is 2.27. The Kier molecular flexibility index (Phi) is 3.73. The summed E-state index contributed by atoms with van der Waals surface area (Å²) in [5, 5.41) is 9.11. The van der Waals surface area contributed by atoms with Gasteiger partial charge in [-0.2, -0.15) is 4.31 Å². The van der Waals surface area contributed by atoms with Crippen molar-refractivity contribution in [1.29, 1.82) is 0 Å². The summed E-state index contributed by atoms with van der Waals surface area (Å²) in [5.41, 5.74) is 1.76. The summed E-state index contributed by atoms with van der Waals surface area (Å²) in [7, 11) is -3.34. The van der Waals surface area contributed by atoms with Crippen molar-refractivity contribution in [2.24, 2.45) is 0 Å². The first-order valence-electron chi connectivity index (χ1n) is 5.88. The molecule has 0 atom stereocenters. The van der Waals surface area contributed by atoms with Gasteiger partial charge in [0.25, 0.3) is 0 Å². The normalized spacial score (nSPS) is 15.8. The van der Waals surface area contributed by atoms with E-state index in [4.69, 9.17) is 5.11 Å². The molecule has 6 heteroatoms. The molecule has 0 fully saturated rings. The van der Waals surface area contributed by atoms with Crippen LogP contribution in [0.15, 0.2) is 30.9 Å². The van der Waals surface area contributed by atoms with Gasteiger partial charge in [-0.05, 0) is 23.6 Å². The van der Waals surface area contributed by atoms with Gasteiger partial charge >= 0.3 is 5.97 Å². The number of carboxylic acids is 1. The van der Waals surface area contributed by atoms with Gasteiger partial charge in [-0.25, -0.2) is 13.2 Å². The van der Waals surface area contributed by atoms with Gasteiger partial charge in [0.05, 0.1) is 11.3 Å². The lowest BCUT2D eigenvalue weighted by molar-refractivity contribution is 0.0695. The van der Waals surface area contributed by atoms with Gasteiger partial charge < -0.3 is 5.11 Å². The topological polar surface area (TPSA) is 74.7 Å². The third-order valence-corrected chi connectivity index (χ3v) is 4.94. The number of carbonyl (C=O) groups is 1. The number of fused-ring (bicyclic) bond motifs is 1. The van der Waals surface area contributed by atoms with E-state index < -0.39 is 16.0 Å². The summed E-state index contributed by atoms with van der Waals surface area (Å²) >= 11 is 0. The van der Waals surface area contributed by atoms with Crippen LogP contribution < -0.4 is 0 Å². The lowest BCUT2D eigenvalue weighted by atomic mass is 9.95. The van der Waals surface area contributed by atoms with Crippen molar-refractivity contribution in [1.82, 2.24) is 4.31 Å². The van der Waals surface area contributed by atoms with Gasteiger partial charge in [0, 0.05) is 13.1 Å². The number of aromatic carboxylic acids is 1. The second-order valence-electron chi connectivity index (χ2n) is 4.40. The minimum atomic E-state index is -3.34. The van der Waals surface area contributed by atoms with Gasteiger partial charge in [-0.1, -0.05) is 18.2 Å². The highest BCUT2D eigenvalue weighted by molar-refractivity contribution is 7.89. The Balaban J connectivity index is 2.34. The van der Waals surface area contributed by atoms with Gasteiger partial charge in [-0.3, -0.25) is 0 Å². The maximum Gasteiger partial charge on any atom is 0.335 e. The van der Waals surface area contributed by atoms with E-state index in [0.29, 0.717) is 13.0 Å². The maximum atomic E-state index is 12.0. The molecule has 2 rings (SSSR count). The molecular weight excluding hydrogens is 266 g/mol. The number of rotatable bonds is 4. The Bertz CT molecular complexity index is 622. The fourth-order valence-corrected chi connectivity index (χ4v) is 3.49. The third-order valence-electron chi connectivity index (χ3n) is 3.18. The van der Waals surface area contributed by atoms with Crippen LogP contribution in [0.25, 0.3) is 0 Å². The first kappa shape index (κ1) is 13.8. The van der Waals surface area contributed by atoms with E-state index in [-0.39, 0.29) is 17.9 Å². The molecule has 0 unspecified atom stereocenters. The van der Waals surface area contributed by atoms with Crippen molar-refractivity contribution in [2.75, 3.05) is 12.3 Å². The molecule has 102 valence electrons. The second-order valence-corrected chi connectivity index (χ2v) is 6.41. The SMILES string of the molecule is C=CCS(=O)(=O)N1CCc2c(cccc2C(=O)O)C1. The monoisotopic (exact) mass is 281 g/mol. The molecule has 1 aliphatic rings. The van der Waals surface area contributed by atoms with Crippen molar-refractivity contribution in [3.8, 4) is 0 Å². The van der Waals surface area contributed by atoms with Crippen LogP contribution in [-0.4, -0.2) is 36.1 Å². The van der Waals surface area contributed by atoms with E-state index >= 15 is 0 Å². The Morgan fingerprint density at radius 3 is 2.84 bits per heavy atom. The minimum absolute atomic E-state index is 0.0963. The molecule has 0 aromatic heterocycles. The lowest BCUT2D eigenvalue weighted by Gasteiger charge is -2.28. The average molecular weight is 281 g/mol. The summed E-state index contributed by atoms with van der Waals surface area (Å²) in [6, 6.07) is 4.97. The van der Waals surface area contributed by atoms with E-state index in [1.54, 1.807) is 18.2 Å².